The Labute approximate surface area is 144 Å². The third kappa shape index (κ3) is 3.93. The Morgan fingerprint density at radius 1 is 1.25 bits per heavy atom. The van der Waals surface area contributed by atoms with Gasteiger partial charge in [-0.2, -0.15) is 0 Å². The van der Waals surface area contributed by atoms with E-state index in [9.17, 15) is 9.90 Å². The van der Waals surface area contributed by atoms with E-state index < -0.39 is 6.10 Å². The number of benzene rings is 2. The summed E-state index contributed by atoms with van der Waals surface area (Å²) in [6.07, 6.45) is -0.732. The summed E-state index contributed by atoms with van der Waals surface area (Å²) >= 11 is 1.59. The summed E-state index contributed by atoms with van der Waals surface area (Å²) < 4.78 is 6.58. The number of amides is 1. The lowest BCUT2D eigenvalue weighted by Gasteiger charge is -2.12. The monoisotopic (exact) mass is 341 g/mol. The standard InChI is InChI=1S/C19H19NO3S/c1-13-5-4-6-14(9-13)23-11-19(22)20-10-17(21)16-12-24-18-8-3-2-7-15(16)18/h2-9,12,17,21H,10-11H2,1H3,(H,20,22). The second kappa shape index (κ2) is 7.47. The average molecular weight is 341 g/mol. The van der Waals surface area contributed by atoms with Crippen molar-refractivity contribution < 1.29 is 14.6 Å². The summed E-state index contributed by atoms with van der Waals surface area (Å²) in [5.74, 6) is 0.407. The number of aryl methyl sites for hydroxylation is 1. The number of aliphatic hydroxyl groups excluding tert-OH is 1. The van der Waals surface area contributed by atoms with Crippen molar-refractivity contribution in [3.63, 3.8) is 0 Å². The van der Waals surface area contributed by atoms with Gasteiger partial charge in [0.15, 0.2) is 6.61 Å². The first kappa shape index (κ1) is 16.5. The van der Waals surface area contributed by atoms with Gasteiger partial charge in [-0.1, -0.05) is 30.3 Å². The van der Waals surface area contributed by atoms with Crippen molar-refractivity contribution in [2.24, 2.45) is 0 Å². The van der Waals surface area contributed by atoms with Gasteiger partial charge < -0.3 is 15.2 Å². The van der Waals surface area contributed by atoms with Crippen molar-refractivity contribution in [1.29, 1.82) is 0 Å². The fraction of sp³-hybridized carbons (Fsp3) is 0.211. The number of fused-ring (bicyclic) bond motifs is 1. The van der Waals surface area contributed by atoms with Gasteiger partial charge in [0, 0.05) is 16.8 Å². The lowest BCUT2D eigenvalue weighted by atomic mass is 10.1. The zero-order chi connectivity index (χ0) is 16.9. The second-order valence-corrected chi connectivity index (χ2v) is 6.52. The van der Waals surface area contributed by atoms with Crippen LogP contribution in [0.1, 0.15) is 17.2 Å². The Hall–Kier alpha value is -2.37. The van der Waals surface area contributed by atoms with Gasteiger partial charge in [-0.25, -0.2) is 0 Å². The molecule has 1 aromatic heterocycles. The molecular formula is C19H19NO3S. The summed E-state index contributed by atoms with van der Waals surface area (Å²) in [4.78, 5) is 11.9. The SMILES string of the molecule is Cc1cccc(OCC(=O)NCC(O)c2csc3ccccc23)c1. The molecule has 4 nitrogen and oxygen atoms in total. The van der Waals surface area contributed by atoms with Crippen LogP contribution in [0.15, 0.2) is 53.9 Å². The van der Waals surface area contributed by atoms with Crippen LogP contribution >= 0.6 is 11.3 Å². The maximum atomic E-state index is 11.9. The number of rotatable bonds is 6. The highest BCUT2D eigenvalue weighted by molar-refractivity contribution is 7.17. The molecule has 3 aromatic rings. The molecule has 5 heteroatoms. The largest absolute Gasteiger partial charge is 0.484 e. The highest BCUT2D eigenvalue weighted by Crippen LogP contribution is 2.29. The zero-order valence-corrected chi connectivity index (χ0v) is 14.2. The van der Waals surface area contributed by atoms with E-state index in [2.05, 4.69) is 5.32 Å². The van der Waals surface area contributed by atoms with Crippen molar-refractivity contribution >= 4 is 27.3 Å². The molecule has 0 aliphatic heterocycles. The molecule has 1 amide bonds. The number of nitrogens with one attached hydrogen (secondary N) is 1. The van der Waals surface area contributed by atoms with Gasteiger partial charge in [-0.15, -0.1) is 11.3 Å². The molecule has 2 aromatic carbocycles. The first-order valence-corrected chi connectivity index (χ1v) is 8.62. The highest BCUT2D eigenvalue weighted by atomic mass is 32.1. The minimum Gasteiger partial charge on any atom is -0.484 e. The van der Waals surface area contributed by atoms with Gasteiger partial charge >= 0.3 is 0 Å². The van der Waals surface area contributed by atoms with E-state index in [0.717, 1.165) is 21.2 Å². The summed E-state index contributed by atoms with van der Waals surface area (Å²) in [6.45, 7) is 2.06. The fourth-order valence-electron chi connectivity index (χ4n) is 2.48. The van der Waals surface area contributed by atoms with Crippen LogP contribution < -0.4 is 10.1 Å². The predicted molar refractivity (Wildman–Crippen MR) is 96.5 cm³/mol. The first-order valence-electron chi connectivity index (χ1n) is 7.74. The maximum Gasteiger partial charge on any atom is 0.258 e. The molecule has 0 aliphatic rings. The Kier molecular flexibility index (Phi) is 5.13. The molecule has 0 saturated carbocycles. The van der Waals surface area contributed by atoms with Crippen molar-refractivity contribution in [2.75, 3.05) is 13.2 Å². The number of hydrogen-bond donors (Lipinski definition) is 2. The molecule has 0 fully saturated rings. The smallest absolute Gasteiger partial charge is 0.258 e. The van der Waals surface area contributed by atoms with E-state index in [1.165, 1.54) is 0 Å². The van der Waals surface area contributed by atoms with Gasteiger partial charge in [0.25, 0.3) is 5.91 Å². The van der Waals surface area contributed by atoms with Crippen LogP contribution in [-0.4, -0.2) is 24.2 Å². The zero-order valence-electron chi connectivity index (χ0n) is 13.4. The van der Waals surface area contributed by atoms with E-state index in [1.807, 2.05) is 60.8 Å². The second-order valence-electron chi connectivity index (χ2n) is 5.61. The van der Waals surface area contributed by atoms with E-state index in [4.69, 9.17) is 4.74 Å². The predicted octanol–water partition coefficient (Wildman–Crippen LogP) is 3.44. The number of hydrogen-bond acceptors (Lipinski definition) is 4. The molecule has 1 heterocycles. The maximum absolute atomic E-state index is 11.9. The van der Waals surface area contributed by atoms with Crippen LogP contribution in [0.5, 0.6) is 5.75 Å². The number of aliphatic hydroxyl groups is 1. The van der Waals surface area contributed by atoms with Crippen LogP contribution in [0.25, 0.3) is 10.1 Å². The topological polar surface area (TPSA) is 58.6 Å². The lowest BCUT2D eigenvalue weighted by molar-refractivity contribution is -0.123. The van der Waals surface area contributed by atoms with Crippen molar-refractivity contribution in [3.05, 3.63) is 65.0 Å². The van der Waals surface area contributed by atoms with Gasteiger partial charge in [0.1, 0.15) is 5.75 Å². The first-order chi connectivity index (χ1) is 11.6. The minimum absolute atomic E-state index is 0.0689. The van der Waals surface area contributed by atoms with Gasteiger partial charge in [0.2, 0.25) is 0 Å². The molecule has 0 saturated heterocycles. The fourth-order valence-corrected chi connectivity index (χ4v) is 3.49. The summed E-state index contributed by atoms with van der Waals surface area (Å²) in [5.41, 5.74) is 1.92. The molecule has 0 radical (unpaired) electrons. The summed E-state index contributed by atoms with van der Waals surface area (Å²) in [7, 11) is 0. The number of carbonyl (C=O) groups is 1. The molecular weight excluding hydrogens is 322 g/mol. The normalized spacial score (nSPS) is 12.1. The summed E-state index contributed by atoms with van der Waals surface area (Å²) in [5, 5.41) is 16.0. The van der Waals surface area contributed by atoms with E-state index in [-0.39, 0.29) is 19.1 Å². The van der Waals surface area contributed by atoms with Crippen LogP contribution in [0.4, 0.5) is 0 Å². The molecule has 2 N–H and O–H groups in total. The Balaban J connectivity index is 1.52. The molecule has 0 aliphatic carbocycles. The van der Waals surface area contributed by atoms with E-state index in [0.29, 0.717) is 5.75 Å². The van der Waals surface area contributed by atoms with E-state index in [1.54, 1.807) is 11.3 Å². The minimum atomic E-state index is -0.732. The molecule has 24 heavy (non-hydrogen) atoms. The van der Waals surface area contributed by atoms with Gasteiger partial charge in [-0.3, -0.25) is 4.79 Å². The Bertz CT molecular complexity index is 843. The van der Waals surface area contributed by atoms with Crippen LogP contribution in [0, 0.1) is 6.92 Å². The van der Waals surface area contributed by atoms with Gasteiger partial charge in [0.05, 0.1) is 6.10 Å². The Morgan fingerprint density at radius 2 is 2.08 bits per heavy atom. The van der Waals surface area contributed by atoms with Gasteiger partial charge in [-0.05, 0) is 41.5 Å². The highest BCUT2D eigenvalue weighted by Gasteiger charge is 2.14. The van der Waals surface area contributed by atoms with Crippen molar-refractivity contribution in [1.82, 2.24) is 5.32 Å². The quantitative estimate of drug-likeness (QED) is 0.722. The third-order valence-electron chi connectivity index (χ3n) is 3.72. The molecule has 0 bridgehead atoms. The lowest BCUT2D eigenvalue weighted by Crippen LogP contribution is -2.32. The van der Waals surface area contributed by atoms with Crippen molar-refractivity contribution in [2.45, 2.75) is 13.0 Å². The number of thiophene rings is 1. The van der Waals surface area contributed by atoms with Crippen LogP contribution in [0.3, 0.4) is 0 Å². The van der Waals surface area contributed by atoms with Crippen molar-refractivity contribution in [3.8, 4) is 5.75 Å². The average Bonchev–Trinajstić information content (AvgIpc) is 3.02. The van der Waals surface area contributed by atoms with E-state index >= 15 is 0 Å². The van der Waals surface area contributed by atoms with Crippen LogP contribution in [-0.2, 0) is 4.79 Å². The summed E-state index contributed by atoms with van der Waals surface area (Å²) in [6, 6.07) is 15.4. The molecule has 0 spiro atoms. The molecule has 1 unspecified atom stereocenters. The number of carbonyl (C=O) groups excluding carboxylic acids is 1. The molecule has 124 valence electrons. The molecule has 1 atom stereocenters. The number of ether oxygens (including phenoxy) is 1. The molecule has 3 rings (SSSR count). The third-order valence-corrected chi connectivity index (χ3v) is 4.70. The Morgan fingerprint density at radius 3 is 2.92 bits per heavy atom. The van der Waals surface area contributed by atoms with Crippen LogP contribution in [0.2, 0.25) is 0 Å².